The summed E-state index contributed by atoms with van der Waals surface area (Å²) in [6.45, 7) is 7.85. The number of halogens is 2. The van der Waals surface area contributed by atoms with Crippen LogP contribution in [0.5, 0.6) is 11.5 Å². The first-order valence-corrected chi connectivity index (χ1v) is 16.6. The zero-order chi connectivity index (χ0) is 32.2. The molecule has 1 atom stereocenters. The Bertz CT molecular complexity index is 2000. The number of carbonyl (C=O) groups is 1. The number of benzene rings is 3. The first kappa shape index (κ1) is 32.4. The Hall–Kier alpha value is -3.98. The maximum Gasteiger partial charge on any atom is 0.338 e. The van der Waals surface area contributed by atoms with Gasteiger partial charge in [0.1, 0.15) is 24.1 Å². The number of hydrogen-bond acceptors (Lipinski definition) is 8. The molecule has 0 aliphatic carbocycles. The van der Waals surface area contributed by atoms with Gasteiger partial charge < -0.3 is 14.2 Å². The molecule has 0 fully saturated rings. The number of ether oxygens (including phenoxy) is 3. The number of hydrogen-bond donors (Lipinski definition) is 0. The summed E-state index contributed by atoms with van der Waals surface area (Å²) in [6, 6.07) is 19.7. The summed E-state index contributed by atoms with van der Waals surface area (Å²) >= 11 is 8.47. The van der Waals surface area contributed by atoms with Crippen LogP contribution in [-0.2, 0) is 16.1 Å². The standard InChI is InChI=1S/C34H29Br2N3O5S/c1-5-42-33(41)29-20(4)38-34-39(30(29)24-8-6-7-9-27(24)44-19(2)3)32(40)28(45-34)16-23-14-25(35)31(26(36)15-23)43-18-22-12-10-21(17-37)11-13-22/h6-16,19,30H,5,18H2,1-4H3/b28-16-/t30-/m0/s1. The predicted octanol–water partition coefficient (Wildman–Crippen LogP) is 6.56. The molecule has 1 aromatic heterocycles. The third kappa shape index (κ3) is 6.98. The minimum atomic E-state index is -0.783. The molecule has 2 heterocycles. The van der Waals surface area contributed by atoms with Crippen molar-refractivity contribution in [2.45, 2.75) is 46.4 Å². The number of carbonyl (C=O) groups excluding carboxylic acids is 1. The number of allylic oxidation sites excluding steroid dienone is 1. The molecule has 3 aromatic carbocycles. The monoisotopic (exact) mass is 749 g/mol. The van der Waals surface area contributed by atoms with Gasteiger partial charge in [-0.3, -0.25) is 9.36 Å². The third-order valence-electron chi connectivity index (χ3n) is 6.88. The lowest BCUT2D eigenvalue weighted by atomic mass is 9.95. The topological polar surface area (TPSA) is 103 Å². The molecule has 45 heavy (non-hydrogen) atoms. The van der Waals surface area contributed by atoms with Gasteiger partial charge in [-0.2, -0.15) is 5.26 Å². The molecule has 8 nitrogen and oxygen atoms in total. The van der Waals surface area contributed by atoms with Gasteiger partial charge in [-0.15, -0.1) is 0 Å². The van der Waals surface area contributed by atoms with Crippen molar-refractivity contribution < 1.29 is 19.0 Å². The van der Waals surface area contributed by atoms with Gasteiger partial charge in [-0.05, 0) is 107 Å². The van der Waals surface area contributed by atoms with Crippen molar-refractivity contribution in [3.63, 3.8) is 0 Å². The number of thiazole rings is 1. The van der Waals surface area contributed by atoms with Gasteiger partial charge in [0.25, 0.3) is 5.56 Å². The molecule has 0 amide bonds. The quantitative estimate of drug-likeness (QED) is 0.180. The summed E-state index contributed by atoms with van der Waals surface area (Å²) in [5.41, 5.74) is 3.43. The van der Waals surface area contributed by atoms with Crippen molar-refractivity contribution in [2.75, 3.05) is 6.61 Å². The second-order valence-electron chi connectivity index (χ2n) is 10.4. The molecule has 0 bridgehead atoms. The molecule has 0 N–H and O–H groups in total. The molecule has 0 unspecified atom stereocenters. The Morgan fingerprint density at radius 3 is 2.47 bits per heavy atom. The van der Waals surface area contributed by atoms with Gasteiger partial charge in [-0.1, -0.05) is 41.7 Å². The molecule has 0 spiro atoms. The molecule has 1 aliphatic heterocycles. The van der Waals surface area contributed by atoms with E-state index < -0.39 is 12.0 Å². The Balaban J connectivity index is 1.56. The van der Waals surface area contributed by atoms with E-state index in [1.165, 1.54) is 11.3 Å². The molecule has 4 aromatic rings. The van der Waals surface area contributed by atoms with Crippen LogP contribution < -0.4 is 24.4 Å². The number of fused-ring (bicyclic) bond motifs is 1. The number of rotatable bonds is 9. The molecular formula is C34H29Br2N3O5S. The molecule has 0 saturated heterocycles. The van der Waals surface area contributed by atoms with E-state index in [2.05, 4.69) is 42.9 Å². The number of para-hydroxylation sites is 1. The minimum absolute atomic E-state index is 0.119. The van der Waals surface area contributed by atoms with Crippen molar-refractivity contribution in [3.05, 3.63) is 123 Å². The second-order valence-corrected chi connectivity index (χ2v) is 13.1. The maximum absolute atomic E-state index is 14.1. The van der Waals surface area contributed by atoms with E-state index in [9.17, 15) is 9.59 Å². The molecule has 0 saturated carbocycles. The van der Waals surface area contributed by atoms with Crippen molar-refractivity contribution in [3.8, 4) is 17.6 Å². The van der Waals surface area contributed by atoms with Crippen LogP contribution in [0.2, 0.25) is 0 Å². The first-order chi connectivity index (χ1) is 21.6. The highest BCUT2D eigenvalue weighted by molar-refractivity contribution is 9.11. The molecular weight excluding hydrogens is 722 g/mol. The van der Waals surface area contributed by atoms with Crippen LogP contribution >= 0.6 is 43.2 Å². The predicted molar refractivity (Wildman–Crippen MR) is 180 cm³/mol. The second kappa shape index (κ2) is 14.0. The fourth-order valence-corrected chi connectivity index (χ4v) is 7.43. The number of nitriles is 1. The summed E-state index contributed by atoms with van der Waals surface area (Å²) in [5.74, 6) is 0.657. The van der Waals surface area contributed by atoms with Crippen LogP contribution in [0, 0.1) is 11.3 Å². The Morgan fingerprint density at radius 2 is 1.82 bits per heavy atom. The van der Waals surface area contributed by atoms with Gasteiger partial charge >= 0.3 is 5.97 Å². The summed E-state index contributed by atoms with van der Waals surface area (Å²) in [6.07, 6.45) is 1.67. The summed E-state index contributed by atoms with van der Waals surface area (Å²) < 4.78 is 21.0. The van der Waals surface area contributed by atoms with Crippen LogP contribution in [-0.4, -0.2) is 23.2 Å². The minimum Gasteiger partial charge on any atom is -0.491 e. The Kier molecular flexibility index (Phi) is 10.1. The van der Waals surface area contributed by atoms with Crippen molar-refractivity contribution in [1.82, 2.24) is 4.57 Å². The summed E-state index contributed by atoms with van der Waals surface area (Å²) in [5, 5.41) is 9.03. The number of aromatic nitrogens is 1. The van der Waals surface area contributed by atoms with Crippen LogP contribution in [0.15, 0.2) is 90.7 Å². The van der Waals surface area contributed by atoms with Crippen molar-refractivity contribution >= 4 is 55.2 Å². The van der Waals surface area contributed by atoms with Crippen LogP contribution in [0.3, 0.4) is 0 Å². The van der Waals surface area contributed by atoms with E-state index in [1.54, 1.807) is 36.6 Å². The third-order valence-corrected chi connectivity index (χ3v) is 9.04. The average molecular weight is 751 g/mol. The lowest BCUT2D eigenvalue weighted by Gasteiger charge is -2.26. The number of nitrogens with zero attached hydrogens (tertiary/aromatic N) is 3. The smallest absolute Gasteiger partial charge is 0.338 e. The van der Waals surface area contributed by atoms with E-state index in [4.69, 9.17) is 19.5 Å². The van der Waals surface area contributed by atoms with E-state index in [1.807, 2.05) is 62.4 Å². The summed E-state index contributed by atoms with van der Waals surface area (Å²) in [4.78, 5) is 32.5. The van der Waals surface area contributed by atoms with Crippen LogP contribution in [0.1, 0.15) is 56.0 Å². The molecule has 0 radical (unpaired) electrons. The zero-order valence-electron chi connectivity index (χ0n) is 25.0. The lowest BCUT2D eigenvalue weighted by molar-refractivity contribution is -0.139. The SMILES string of the molecule is CCOC(=O)C1=C(C)N=c2s/c(=C\c3cc(Br)c(OCc4ccc(C#N)cc4)c(Br)c3)c(=O)n2[C@H]1c1ccccc1OC(C)C. The largest absolute Gasteiger partial charge is 0.491 e. The van der Waals surface area contributed by atoms with E-state index >= 15 is 0 Å². The lowest BCUT2D eigenvalue weighted by Crippen LogP contribution is -2.40. The van der Waals surface area contributed by atoms with Gasteiger partial charge in [-0.25, -0.2) is 9.79 Å². The van der Waals surface area contributed by atoms with Gasteiger partial charge in [0.05, 0.1) is 49.1 Å². The van der Waals surface area contributed by atoms with Gasteiger partial charge in [0.15, 0.2) is 4.80 Å². The van der Waals surface area contributed by atoms with E-state index in [0.29, 0.717) is 58.8 Å². The highest BCUT2D eigenvalue weighted by Gasteiger charge is 2.35. The fourth-order valence-electron chi connectivity index (χ4n) is 4.94. The highest BCUT2D eigenvalue weighted by atomic mass is 79.9. The molecule has 230 valence electrons. The maximum atomic E-state index is 14.1. The zero-order valence-corrected chi connectivity index (χ0v) is 29.0. The van der Waals surface area contributed by atoms with Gasteiger partial charge in [0, 0.05) is 5.56 Å². The van der Waals surface area contributed by atoms with Crippen molar-refractivity contribution in [1.29, 1.82) is 5.26 Å². The van der Waals surface area contributed by atoms with E-state index in [-0.39, 0.29) is 18.3 Å². The Labute approximate surface area is 281 Å². The van der Waals surface area contributed by atoms with E-state index in [0.717, 1.165) is 11.1 Å². The van der Waals surface area contributed by atoms with Gasteiger partial charge in [0.2, 0.25) is 0 Å². The number of esters is 1. The normalized spacial score (nSPS) is 14.5. The summed E-state index contributed by atoms with van der Waals surface area (Å²) in [7, 11) is 0. The van der Waals surface area contributed by atoms with Crippen LogP contribution in [0.4, 0.5) is 0 Å². The molecule has 5 rings (SSSR count). The fraction of sp³-hybridized carbons (Fsp3) is 0.235. The highest BCUT2D eigenvalue weighted by Crippen LogP contribution is 2.37. The first-order valence-electron chi connectivity index (χ1n) is 14.2. The Morgan fingerprint density at radius 1 is 1.13 bits per heavy atom. The van der Waals surface area contributed by atoms with Crippen LogP contribution in [0.25, 0.3) is 6.08 Å². The van der Waals surface area contributed by atoms with Crippen molar-refractivity contribution in [2.24, 2.45) is 4.99 Å². The average Bonchev–Trinajstić information content (AvgIpc) is 3.30. The molecule has 1 aliphatic rings. The molecule has 11 heteroatoms.